The van der Waals surface area contributed by atoms with Crippen molar-refractivity contribution in [3.63, 3.8) is 0 Å². The molecule has 5 heteroatoms. The van der Waals surface area contributed by atoms with Gasteiger partial charge in [-0.25, -0.2) is 0 Å². The van der Waals surface area contributed by atoms with Crippen molar-refractivity contribution in [2.75, 3.05) is 0 Å². The summed E-state index contributed by atoms with van der Waals surface area (Å²) in [6.07, 6.45) is 9.85. The van der Waals surface area contributed by atoms with Crippen LogP contribution in [0.5, 0.6) is 0 Å². The molecule has 146 valence electrons. The van der Waals surface area contributed by atoms with E-state index in [1.165, 1.54) is 38.5 Å². The fourth-order valence-corrected chi connectivity index (χ4v) is 2.90. The third kappa shape index (κ3) is 8.99. The quantitative estimate of drug-likeness (QED) is 0.372. The third-order valence-corrected chi connectivity index (χ3v) is 4.48. The molecule has 0 radical (unpaired) electrons. The van der Waals surface area contributed by atoms with Crippen LogP contribution in [0, 0.1) is 0 Å². The van der Waals surface area contributed by atoms with Gasteiger partial charge in [0.05, 0.1) is 0 Å². The Morgan fingerprint density at radius 3 is 2.04 bits per heavy atom. The molecule has 0 saturated carbocycles. The van der Waals surface area contributed by atoms with Gasteiger partial charge in [-0.15, -0.1) is 0 Å². The zero-order valence-corrected chi connectivity index (χ0v) is 15.9. The van der Waals surface area contributed by atoms with E-state index in [1.807, 2.05) is 6.07 Å². The van der Waals surface area contributed by atoms with E-state index in [9.17, 15) is 9.59 Å². The molecule has 0 spiro atoms. The zero-order chi connectivity index (χ0) is 19.2. The van der Waals surface area contributed by atoms with Crippen LogP contribution in [0.2, 0.25) is 0 Å². The summed E-state index contributed by atoms with van der Waals surface area (Å²) < 4.78 is 5.39. The van der Waals surface area contributed by atoms with Gasteiger partial charge in [0.25, 0.3) is 0 Å². The number of carboxylic acids is 1. The number of hydrogen-bond donors (Lipinski definition) is 2. The summed E-state index contributed by atoms with van der Waals surface area (Å²) in [4.78, 5) is 23.3. The summed E-state index contributed by atoms with van der Waals surface area (Å²) in [7, 11) is 0. The molecule has 0 heterocycles. The first kappa shape index (κ1) is 22.2. The average Bonchev–Trinajstić information content (AvgIpc) is 2.65. The van der Waals surface area contributed by atoms with Crippen molar-refractivity contribution < 1.29 is 19.4 Å². The highest BCUT2D eigenvalue weighted by atomic mass is 16.5. The first-order valence-corrected chi connectivity index (χ1v) is 9.79. The van der Waals surface area contributed by atoms with Crippen LogP contribution < -0.4 is 5.73 Å². The predicted molar refractivity (Wildman–Crippen MR) is 103 cm³/mol. The van der Waals surface area contributed by atoms with E-state index in [0.29, 0.717) is 12.0 Å². The molecule has 0 bridgehead atoms. The maximum Gasteiger partial charge on any atom is 0.324 e. The Balaban J connectivity index is 2.31. The number of nitrogens with two attached hydrogens (primary N) is 1. The number of benzene rings is 1. The SMILES string of the molecule is CCCCCCCCCCCC(=O)OC(c1ccccc1)C(N)C(=O)O. The van der Waals surface area contributed by atoms with Gasteiger partial charge < -0.3 is 15.6 Å². The zero-order valence-electron chi connectivity index (χ0n) is 15.9. The lowest BCUT2D eigenvalue weighted by molar-refractivity contribution is -0.155. The van der Waals surface area contributed by atoms with Gasteiger partial charge in [-0.1, -0.05) is 88.6 Å². The second-order valence-electron chi connectivity index (χ2n) is 6.76. The van der Waals surface area contributed by atoms with Crippen molar-refractivity contribution >= 4 is 11.9 Å². The molecule has 1 rings (SSSR count). The third-order valence-electron chi connectivity index (χ3n) is 4.48. The number of aliphatic carboxylic acids is 1. The first-order valence-electron chi connectivity index (χ1n) is 9.79. The summed E-state index contributed by atoms with van der Waals surface area (Å²) in [5, 5.41) is 9.16. The van der Waals surface area contributed by atoms with Crippen LogP contribution in [0.4, 0.5) is 0 Å². The number of rotatable bonds is 14. The molecular weight excluding hydrogens is 330 g/mol. The predicted octanol–water partition coefficient (Wildman–Crippen LogP) is 4.60. The molecule has 0 fully saturated rings. The number of carbonyl (C=O) groups excluding carboxylic acids is 1. The van der Waals surface area contributed by atoms with Gasteiger partial charge in [0.15, 0.2) is 6.10 Å². The summed E-state index contributed by atoms with van der Waals surface area (Å²) in [5.74, 6) is -1.58. The lowest BCUT2D eigenvalue weighted by atomic mass is 10.0. The second kappa shape index (κ2) is 13.3. The Labute approximate surface area is 156 Å². The number of carbonyl (C=O) groups is 2. The molecular formula is C21H33NO4. The first-order chi connectivity index (χ1) is 12.6. The molecule has 0 aliphatic rings. The van der Waals surface area contributed by atoms with Gasteiger partial charge in [-0.2, -0.15) is 0 Å². The molecule has 0 aliphatic carbocycles. The standard InChI is InChI=1S/C21H33NO4/c1-2-3-4-5-6-7-8-9-13-16-18(23)26-20(19(22)21(24)25)17-14-11-10-12-15-17/h10-12,14-15,19-20H,2-9,13,16,22H2,1H3,(H,24,25). The van der Waals surface area contributed by atoms with Gasteiger partial charge in [0, 0.05) is 6.42 Å². The van der Waals surface area contributed by atoms with E-state index in [2.05, 4.69) is 6.92 Å². The average molecular weight is 363 g/mol. The van der Waals surface area contributed by atoms with Crippen molar-refractivity contribution in [2.24, 2.45) is 5.73 Å². The van der Waals surface area contributed by atoms with E-state index in [1.54, 1.807) is 24.3 Å². The van der Waals surface area contributed by atoms with E-state index in [4.69, 9.17) is 15.6 Å². The van der Waals surface area contributed by atoms with Gasteiger partial charge in [-0.3, -0.25) is 9.59 Å². The molecule has 3 N–H and O–H groups in total. The van der Waals surface area contributed by atoms with Crippen molar-refractivity contribution in [2.45, 2.75) is 83.3 Å². The number of esters is 1. The van der Waals surface area contributed by atoms with Crippen molar-refractivity contribution in [1.82, 2.24) is 0 Å². The summed E-state index contributed by atoms with van der Waals surface area (Å²) in [6, 6.07) is 7.52. The molecule has 0 amide bonds. The highest BCUT2D eigenvalue weighted by molar-refractivity contribution is 5.76. The largest absolute Gasteiger partial charge is 0.480 e. The summed E-state index contributed by atoms with van der Waals surface area (Å²) >= 11 is 0. The number of carboxylic acid groups (broad SMARTS) is 1. The number of unbranched alkanes of at least 4 members (excludes halogenated alkanes) is 8. The number of ether oxygens (including phenoxy) is 1. The van der Waals surface area contributed by atoms with Crippen LogP contribution in [0.15, 0.2) is 30.3 Å². The molecule has 2 atom stereocenters. The summed E-state index contributed by atoms with van der Waals surface area (Å²) in [5.41, 5.74) is 6.31. The van der Waals surface area contributed by atoms with Crippen molar-refractivity contribution in [3.8, 4) is 0 Å². The molecule has 0 aliphatic heterocycles. The highest BCUT2D eigenvalue weighted by Crippen LogP contribution is 2.22. The minimum Gasteiger partial charge on any atom is -0.480 e. The maximum absolute atomic E-state index is 12.1. The molecule has 5 nitrogen and oxygen atoms in total. The smallest absolute Gasteiger partial charge is 0.324 e. The Morgan fingerprint density at radius 1 is 0.962 bits per heavy atom. The van der Waals surface area contributed by atoms with Crippen LogP contribution in [-0.2, 0) is 14.3 Å². The molecule has 1 aromatic carbocycles. The molecule has 0 aromatic heterocycles. The van der Waals surface area contributed by atoms with Gasteiger partial charge >= 0.3 is 11.9 Å². The Bertz CT molecular complexity index is 518. The van der Waals surface area contributed by atoms with Crippen molar-refractivity contribution in [3.05, 3.63) is 35.9 Å². The fourth-order valence-electron chi connectivity index (χ4n) is 2.90. The van der Waals surface area contributed by atoms with Crippen LogP contribution >= 0.6 is 0 Å². The molecule has 1 aromatic rings. The molecule has 26 heavy (non-hydrogen) atoms. The topological polar surface area (TPSA) is 89.6 Å². The van der Waals surface area contributed by atoms with E-state index in [-0.39, 0.29) is 0 Å². The minimum absolute atomic E-state index is 0.297. The van der Waals surface area contributed by atoms with E-state index in [0.717, 1.165) is 19.3 Å². The van der Waals surface area contributed by atoms with E-state index >= 15 is 0 Å². The lowest BCUT2D eigenvalue weighted by Gasteiger charge is -2.21. The van der Waals surface area contributed by atoms with Gasteiger partial charge in [-0.05, 0) is 12.0 Å². The second-order valence-corrected chi connectivity index (χ2v) is 6.76. The Hall–Kier alpha value is -1.88. The van der Waals surface area contributed by atoms with Crippen LogP contribution in [-0.4, -0.2) is 23.1 Å². The Kier molecular flexibility index (Phi) is 11.4. The minimum atomic E-state index is -1.27. The van der Waals surface area contributed by atoms with Crippen molar-refractivity contribution in [1.29, 1.82) is 0 Å². The summed E-state index contributed by atoms with van der Waals surface area (Å²) in [6.45, 7) is 2.21. The van der Waals surface area contributed by atoms with Crippen LogP contribution in [0.1, 0.15) is 82.8 Å². The van der Waals surface area contributed by atoms with Gasteiger partial charge in [0.2, 0.25) is 0 Å². The van der Waals surface area contributed by atoms with E-state index < -0.39 is 24.1 Å². The molecule has 2 unspecified atom stereocenters. The Morgan fingerprint density at radius 2 is 1.50 bits per heavy atom. The maximum atomic E-state index is 12.1. The van der Waals surface area contributed by atoms with Crippen LogP contribution in [0.3, 0.4) is 0 Å². The number of hydrogen-bond acceptors (Lipinski definition) is 4. The van der Waals surface area contributed by atoms with Gasteiger partial charge in [0.1, 0.15) is 6.04 Å². The monoisotopic (exact) mass is 363 g/mol. The van der Waals surface area contributed by atoms with Crippen LogP contribution in [0.25, 0.3) is 0 Å². The molecule has 0 saturated heterocycles. The normalized spacial score (nSPS) is 13.2. The highest BCUT2D eigenvalue weighted by Gasteiger charge is 2.29. The fraction of sp³-hybridized carbons (Fsp3) is 0.619. The lowest BCUT2D eigenvalue weighted by Crippen LogP contribution is -2.38.